The fraction of sp³-hybridized carbons (Fsp3) is 0.118. The molecule has 2 aromatic heterocycles. The number of rotatable bonds is 4. The average Bonchev–Trinajstić information content (AvgIpc) is 3.09. The molecule has 3 rings (SSSR count). The van der Waals surface area contributed by atoms with Gasteiger partial charge in [0.05, 0.1) is 23.4 Å². The second-order valence-corrected chi connectivity index (χ2v) is 5.72. The van der Waals surface area contributed by atoms with Crippen LogP contribution in [-0.2, 0) is 0 Å². The number of hydrogen-bond acceptors (Lipinski definition) is 6. The van der Waals surface area contributed by atoms with Crippen molar-refractivity contribution >= 4 is 16.5 Å². The minimum atomic E-state index is -0.0639. The van der Waals surface area contributed by atoms with Crippen LogP contribution in [0.5, 0.6) is 0 Å². The van der Waals surface area contributed by atoms with E-state index >= 15 is 0 Å². The number of hydrogen-bond donors (Lipinski definition) is 0. The van der Waals surface area contributed by atoms with Gasteiger partial charge in [0.25, 0.3) is 0 Å². The molecule has 5 nitrogen and oxygen atoms in total. The van der Waals surface area contributed by atoms with Gasteiger partial charge in [-0.3, -0.25) is 4.98 Å². The van der Waals surface area contributed by atoms with Crippen molar-refractivity contribution in [1.29, 1.82) is 5.26 Å². The molecule has 0 N–H and O–H groups in total. The molecule has 0 bridgehead atoms. The van der Waals surface area contributed by atoms with Crippen LogP contribution in [0, 0.1) is 11.3 Å². The Balaban J connectivity index is 1.74. The molecule has 3 aromatic rings. The minimum Gasteiger partial charge on any atom is -0.264 e. The van der Waals surface area contributed by atoms with Crippen LogP contribution in [-0.4, -0.2) is 9.97 Å². The van der Waals surface area contributed by atoms with Gasteiger partial charge in [-0.2, -0.15) is 10.4 Å². The van der Waals surface area contributed by atoms with Gasteiger partial charge in [0.15, 0.2) is 0 Å². The van der Waals surface area contributed by atoms with Gasteiger partial charge in [0.2, 0.25) is 5.13 Å². The van der Waals surface area contributed by atoms with Gasteiger partial charge in [-0.05, 0) is 30.7 Å². The Morgan fingerprint density at radius 3 is 2.74 bits per heavy atom. The van der Waals surface area contributed by atoms with E-state index in [9.17, 15) is 0 Å². The van der Waals surface area contributed by atoms with Crippen molar-refractivity contribution in [3.63, 3.8) is 0 Å². The van der Waals surface area contributed by atoms with Crippen LogP contribution in [0.1, 0.15) is 24.1 Å². The summed E-state index contributed by atoms with van der Waals surface area (Å²) in [6, 6.07) is 13.2. The molecule has 6 heteroatoms. The molecule has 0 radical (unpaired) electrons. The van der Waals surface area contributed by atoms with E-state index in [-0.39, 0.29) is 6.04 Å². The summed E-state index contributed by atoms with van der Waals surface area (Å²) >= 11 is 1.44. The summed E-state index contributed by atoms with van der Waals surface area (Å²) in [6.45, 7) is 1.97. The molecule has 0 saturated carbocycles. The fourth-order valence-electron chi connectivity index (χ4n) is 1.98. The summed E-state index contributed by atoms with van der Waals surface area (Å²) in [5.74, 6) is 0. The molecule has 0 spiro atoms. The van der Waals surface area contributed by atoms with Crippen molar-refractivity contribution in [3.8, 4) is 17.3 Å². The summed E-state index contributed by atoms with van der Waals surface area (Å²) in [7, 11) is 0. The van der Waals surface area contributed by atoms with Gasteiger partial charge in [0.1, 0.15) is 0 Å². The summed E-state index contributed by atoms with van der Waals surface area (Å²) in [6.07, 6.45) is 3.52. The zero-order valence-corrected chi connectivity index (χ0v) is 13.2. The van der Waals surface area contributed by atoms with E-state index in [1.165, 1.54) is 11.3 Å². The fourth-order valence-corrected chi connectivity index (χ4v) is 2.64. The van der Waals surface area contributed by atoms with E-state index in [4.69, 9.17) is 5.26 Å². The van der Waals surface area contributed by atoms with Crippen LogP contribution < -0.4 is 0 Å². The van der Waals surface area contributed by atoms with Gasteiger partial charge in [-0.25, -0.2) is 4.98 Å². The van der Waals surface area contributed by atoms with Crippen molar-refractivity contribution in [2.75, 3.05) is 0 Å². The third kappa shape index (κ3) is 3.65. The maximum absolute atomic E-state index is 8.82. The van der Waals surface area contributed by atoms with Gasteiger partial charge in [0, 0.05) is 23.3 Å². The first-order chi connectivity index (χ1) is 11.3. The van der Waals surface area contributed by atoms with Crippen LogP contribution in [0.25, 0.3) is 11.3 Å². The SMILES string of the molecule is CC(N=Nc1nc(-c2ccc(C#N)cc2)cs1)c1cccnc1. The van der Waals surface area contributed by atoms with Crippen LogP contribution in [0.15, 0.2) is 64.4 Å². The Kier molecular flexibility index (Phi) is 4.50. The topological polar surface area (TPSA) is 74.3 Å². The summed E-state index contributed by atoms with van der Waals surface area (Å²) < 4.78 is 0. The molecule has 0 amide bonds. The van der Waals surface area contributed by atoms with Gasteiger partial charge in [-0.15, -0.1) is 16.5 Å². The standard InChI is InChI=1S/C17H13N5S/c1-12(15-3-2-8-19-10-15)21-22-17-20-16(11-23-17)14-6-4-13(9-18)5-7-14/h2-8,10-12H,1H3. The largest absolute Gasteiger partial charge is 0.264 e. The number of nitriles is 1. The van der Waals surface area contributed by atoms with Crippen LogP contribution in [0.3, 0.4) is 0 Å². The number of nitrogens with zero attached hydrogens (tertiary/aromatic N) is 5. The lowest BCUT2D eigenvalue weighted by atomic mass is 10.1. The van der Waals surface area contributed by atoms with E-state index in [1.54, 1.807) is 24.5 Å². The Bertz CT molecular complexity index is 847. The molecule has 112 valence electrons. The zero-order chi connectivity index (χ0) is 16.1. The number of thiazole rings is 1. The Morgan fingerprint density at radius 1 is 1.22 bits per heavy atom. The van der Waals surface area contributed by atoms with E-state index in [0.717, 1.165) is 16.8 Å². The zero-order valence-electron chi connectivity index (χ0n) is 12.4. The minimum absolute atomic E-state index is 0.0639. The first kappa shape index (κ1) is 15.0. The quantitative estimate of drug-likeness (QED) is 0.640. The van der Waals surface area contributed by atoms with Crippen LogP contribution >= 0.6 is 11.3 Å². The molecule has 0 fully saturated rings. The lowest BCUT2D eigenvalue weighted by molar-refractivity contribution is 0.758. The van der Waals surface area contributed by atoms with Gasteiger partial charge in [-0.1, -0.05) is 18.2 Å². The molecule has 1 atom stereocenters. The van der Waals surface area contributed by atoms with Crippen molar-refractivity contribution in [2.24, 2.45) is 10.2 Å². The predicted molar refractivity (Wildman–Crippen MR) is 89.4 cm³/mol. The highest BCUT2D eigenvalue weighted by Crippen LogP contribution is 2.28. The molecular weight excluding hydrogens is 306 g/mol. The normalized spacial score (nSPS) is 12.2. The maximum Gasteiger partial charge on any atom is 0.230 e. The van der Waals surface area contributed by atoms with Gasteiger partial charge >= 0.3 is 0 Å². The molecule has 0 aliphatic rings. The first-order valence-electron chi connectivity index (χ1n) is 7.03. The summed E-state index contributed by atoms with van der Waals surface area (Å²) in [5, 5.41) is 19.9. The van der Waals surface area contributed by atoms with Crippen molar-refractivity contribution in [1.82, 2.24) is 9.97 Å². The molecule has 0 aliphatic heterocycles. The van der Waals surface area contributed by atoms with Crippen LogP contribution in [0.2, 0.25) is 0 Å². The highest BCUT2D eigenvalue weighted by molar-refractivity contribution is 7.13. The molecule has 1 unspecified atom stereocenters. The molecule has 0 aliphatic carbocycles. The van der Waals surface area contributed by atoms with E-state index in [2.05, 4.69) is 26.3 Å². The second kappa shape index (κ2) is 6.90. The maximum atomic E-state index is 8.82. The first-order valence-corrected chi connectivity index (χ1v) is 7.91. The lowest BCUT2D eigenvalue weighted by Gasteiger charge is -2.02. The van der Waals surface area contributed by atoms with E-state index in [1.807, 2.05) is 36.6 Å². The van der Waals surface area contributed by atoms with Crippen molar-refractivity contribution in [2.45, 2.75) is 13.0 Å². The second-order valence-electron chi connectivity index (χ2n) is 4.88. The van der Waals surface area contributed by atoms with Crippen molar-refractivity contribution in [3.05, 3.63) is 65.3 Å². The molecule has 1 aromatic carbocycles. The predicted octanol–water partition coefficient (Wildman–Crippen LogP) is 4.92. The Hall–Kier alpha value is -2.91. The highest BCUT2D eigenvalue weighted by atomic mass is 32.1. The number of pyridine rings is 1. The number of aromatic nitrogens is 2. The van der Waals surface area contributed by atoms with Gasteiger partial charge < -0.3 is 0 Å². The Morgan fingerprint density at radius 2 is 2.04 bits per heavy atom. The van der Waals surface area contributed by atoms with E-state index < -0.39 is 0 Å². The molecule has 2 heterocycles. The van der Waals surface area contributed by atoms with Crippen LogP contribution in [0.4, 0.5) is 5.13 Å². The third-order valence-corrected chi connectivity index (χ3v) is 4.01. The number of benzene rings is 1. The highest BCUT2D eigenvalue weighted by Gasteiger charge is 2.06. The smallest absolute Gasteiger partial charge is 0.230 e. The molecule has 0 saturated heterocycles. The molecular formula is C17H13N5S. The molecule has 23 heavy (non-hydrogen) atoms. The average molecular weight is 319 g/mol. The number of azo groups is 1. The monoisotopic (exact) mass is 319 g/mol. The van der Waals surface area contributed by atoms with Crippen molar-refractivity contribution < 1.29 is 0 Å². The lowest BCUT2D eigenvalue weighted by Crippen LogP contribution is -1.88. The Labute approximate surface area is 138 Å². The third-order valence-electron chi connectivity index (χ3n) is 3.29. The summed E-state index contributed by atoms with van der Waals surface area (Å²) in [5.41, 5.74) is 3.44. The summed E-state index contributed by atoms with van der Waals surface area (Å²) in [4.78, 5) is 8.54. The van der Waals surface area contributed by atoms with E-state index in [0.29, 0.717) is 10.7 Å².